The highest BCUT2D eigenvalue weighted by Gasteiger charge is 2.11. The maximum Gasteiger partial charge on any atom is 0.257 e. The van der Waals surface area contributed by atoms with Crippen LogP contribution in [0.4, 0.5) is 5.69 Å². The summed E-state index contributed by atoms with van der Waals surface area (Å²) in [7, 11) is 0. The summed E-state index contributed by atoms with van der Waals surface area (Å²) in [5, 5.41) is 6.86. The SMILES string of the molecule is Cc1nc(-c2ccsc2)ccc1C(=O)Nc1cccnc1. The fourth-order valence-corrected chi connectivity index (χ4v) is 2.66. The number of aromatic nitrogens is 2. The summed E-state index contributed by atoms with van der Waals surface area (Å²) in [6.07, 6.45) is 3.28. The highest BCUT2D eigenvalue weighted by atomic mass is 32.1. The molecule has 0 aromatic carbocycles. The first-order valence-corrected chi connectivity index (χ1v) is 7.40. The number of aryl methyl sites for hydroxylation is 1. The number of nitrogens with zero attached hydrogens (tertiary/aromatic N) is 2. The van der Waals surface area contributed by atoms with E-state index in [2.05, 4.69) is 15.3 Å². The van der Waals surface area contributed by atoms with E-state index in [9.17, 15) is 4.79 Å². The maximum absolute atomic E-state index is 12.3. The Balaban J connectivity index is 1.84. The zero-order chi connectivity index (χ0) is 14.7. The number of nitrogens with one attached hydrogen (secondary N) is 1. The van der Waals surface area contributed by atoms with Crippen molar-refractivity contribution < 1.29 is 4.79 Å². The van der Waals surface area contributed by atoms with Crippen LogP contribution in [0, 0.1) is 6.92 Å². The fraction of sp³-hybridized carbons (Fsp3) is 0.0625. The Hall–Kier alpha value is -2.53. The predicted molar refractivity (Wildman–Crippen MR) is 84.5 cm³/mol. The number of hydrogen-bond donors (Lipinski definition) is 1. The Bertz CT molecular complexity index is 754. The Kier molecular flexibility index (Phi) is 3.75. The molecule has 0 fully saturated rings. The number of rotatable bonds is 3. The van der Waals surface area contributed by atoms with Crippen molar-refractivity contribution >= 4 is 22.9 Å². The van der Waals surface area contributed by atoms with E-state index in [1.807, 2.05) is 29.8 Å². The molecule has 3 rings (SSSR count). The minimum atomic E-state index is -0.176. The van der Waals surface area contributed by atoms with Gasteiger partial charge < -0.3 is 5.32 Å². The first-order valence-electron chi connectivity index (χ1n) is 6.45. The van der Waals surface area contributed by atoms with Gasteiger partial charge >= 0.3 is 0 Å². The van der Waals surface area contributed by atoms with Gasteiger partial charge in [-0.1, -0.05) is 0 Å². The molecule has 0 saturated carbocycles. The average Bonchev–Trinajstić information content (AvgIpc) is 3.02. The number of amides is 1. The monoisotopic (exact) mass is 295 g/mol. The average molecular weight is 295 g/mol. The van der Waals surface area contributed by atoms with Gasteiger partial charge in [-0.15, -0.1) is 0 Å². The summed E-state index contributed by atoms with van der Waals surface area (Å²) in [6.45, 7) is 1.84. The Labute approximate surface area is 126 Å². The van der Waals surface area contributed by atoms with E-state index in [0.29, 0.717) is 16.9 Å². The molecule has 1 amide bonds. The van der Waals surface area contributed by atoms with Crippen molar-refractivity contribution in [3.05, 3.63) is 64.7 Å². The summed E-state index contributed by atoms with van der Waals surface area (Å²) < 4.78 is 0. The normalized spacial score (nSPS) is 10.3. The van der Waals surface area contributed by atoms with Gasteiger partial charge in [0.2, 0.25) is 0 Å². The molecule has 0 atom stereocenters. The molecule has 3 aromatic rings. The van der Waals surface area contributed by atoms with E-state index in [4.69, 9.17) is 0 Å². The van der Waals surface area contributed by atoms with Gasteiger partial charge in [0.25, 0.3) is 5.91 Å². The Morgan fingerprint density at radius 3 is 2.81 bits per heavy atom. The van der Waals surface area contributed by atoms with Crippen LogP contribution in [0.3, 0.4) is 0 Å². The van der Waals surface area contributed by atoms with E-state index in [1.54, 1.807) is 41.9 Å². The van der Waals surface area contributed by atoms with Crippen LogP contribution in [-0.4, -0.2) is 15.9 Å². The lowest BCUT2D eigenvalue weighted by molar-refractivity contribution is 0.102. The molecule has 0 saturated heterocycles. The Morgan fingerprint density at radius 2 is 2.14 bits per heavy atom. The van der Waals surface area contributed by atoms with Gasteiger partial charge in [0.05, 0.1) is 28.8 Å². The first kappa shape index (κ1) is 13.5. The van der Waals surface area contributed by atoms with Crippen LogP contribution < -0.4 is 5.32 Å². The fourth-order valence-electron chi connectivity index (χ4n) is 2.01. The van der Waals surface area contributed by atoms with Crippen molar-refractivity contribution in [2.24, 2.45) is 0 Å². The van der Waals surface area contributed by atoms with Crippen LogP contribution in [-0.2, 0) is 0 Å². The highest BCUT2D eigenvalue weighted by Crippen LogP contribution is 2.21. The van der Waals surface area contributed by atoms with Crippen molar-refractivity contribution in [2.45, 2.75) is 6.92 Å². The van der Waals surface area contributed by atoms with Gasteiger partial charge in [-0.3, -0.25) is 14.8 Å². The minimum absolute atomic E-state index is 0.176. The van der Waals surface area contributed by atoms with Crippen molar-refractivity contribution in [2.75, 3.05) is 5.32 Å². The number of carbonyl (C=O) groups excluding carboxylic acids is 1. The standard InChI is InChI=1S/C16H13N3OS/c1-11-14(16(20)19-13-3-2-7-17-9-13)4-5-15(18-11)12-6-8-21-10-12/h2-10H,1H3,(H,19,20). The Morgan fingerprint density at radius 1 is 1.24 bits per heavy atom. The smallest absolute Gasteiger partial charge is 0.257 e. The molecule has 21 heavy (non-hydrogen) atoms. The molecule has 0 spiro atoms. The second-order valence-corrected chi connectivity index (χ2v) is 5.32. The van der Waals surface area contributed by atoms with E-state index in [1.165, 1.54) is 0 Å². The van der Waals surface area contributed by atoms with E-state index in [0.717, 1.165) is 11.3 Å². The molecule has 3 aromatic heterocycles. The minimum Gasteiger partial charge on any atom is -0.321 e. The lowest BCUT2D eigenvalue weighted by atomic mass is 10.1. The molecule has 1 N–H and O–H groups in total. The van der Waals surface area contributed by atoms with Crippen molar-refractivity contribution in [3.8, 4) is 11.3 Å². The van der Waals surface area contributed by atoms with Crippen LogP contribution >= 0.6 is 11.3 Å². The number of hydrogen-bond acceptors (Lipinski definition) is 4. The molecular weight excluding hydrogens is 282 g/mol. The quantitative estimate of drug-likeness (QED) is 0.800. The molecule has 0 aliphatic carbocycles. The van der Waals surface area contributed by atoms with Gasteiger partial charge in [-0.2, -0.15) is 11.3 Å². The third-order valence-corrected chi connectivity index (χ3v) is 3.75. The lowest BCUT2D eigenvalue weighted by Crippen LogP contribution is -2.14. The molecule has 5 heteroatoms. The molecule has 0 unspecified atom stereocenters. The van der Waals surface area contributed by atoms with Gasteiger partial charge in [-0.25, -0.2) is 0 Å². The topological polar surface area (TPSA) is 54.9 Å². The van der Waals surface area contributed by atoms with E-state index >= 15 is 0 Å². The summed E-state index contributed by atoms with van der Waals surface area (Å²) in [4.78, 5) is 20.7. The molecule has 0 bridgehead atoms. The van der Waals surface area contributed by atoms with Gasteiger partial charge in [-0.05, 0) is 42.6 Å². The van der Waals surface area contributed by atoms with Crippen LogP contribution in [0.25, 0.3) is 11.3 Å². The van der Waals surface area contributed by atoms with Crippen LogP contribution in [0.5, 0.6) is 0 Å². The molecule has 0 radical (unpaired) electrons. The van der Waals surface area contributed by atoms with Crippen LogP contribution in [0.1, 0.15) is 16.1 Å². The maximum atomic E-state index is 12.3. The zero-order valence-corrected chi connectivity index (χ0v) is 12.2. The van der Waals surface area contributed by atoms with Crippen molar-refractivity contribution in [1.82, 2.24) is 9.97 Å². The summed E-state index contributed by atoms with van der Waals surface area (Å²) in [5.41, 5.74) is 3.90. The van der Waals surface area contributed by atoms with Crippen molar-refractivity contribution in [1.29, 1.82) is 0 Å². The van der Waals surface area contributed by atoms with Gasteiger partial charge in [0.1, 0.15) is 0 Å². The molecule has 0 aliphatic rings. The molecular formula is C16H13N3OS. The largest absolute Gasteiger partial charge is 0.321 e. The molecule has 0 aliphatic heterocycles. The van der Waals surface area contributed by atoms with Crippen LogP contribution in [0.15, 0.2) is 53.5 Å². The molecule has 4 nitrogen and oxygen atoms in total. The third kappa shape index (κ3) is 2.98. The molecule has 3 heterocycles. The first-order chi connectivity index (χ1) is 10.2. The van der Waals surface area contributed by atoms with E-state index < -0.39 is 0 Å². The number of anilines is 1. The van der Waals surface area contributed by atoms with Crippen LogP contribution in [0.2, 0.25) is 0 Å². The van der Waals surface area contributed by atoms with Gasteiger partial charge in [0, 0.05) is 17.1 Å². The number of pyridine rings is 2. The van der Waals surface area contributed by atoms with E-state index in [-0.39, 0.29) is 5.91 Å². The van der Waals surface area contributed by atoms with Gasteiger partial charge in [0.15, 0.2) is 0 Å². The second kappa shape index (κ2) is 5.85. The number of thiophene rings is 1. The summed E-state index contributed by atoms with van der Waals surface area (Å²) >= 11 is 1.63. The molecule has 104 valence electrons. The van der Waals surface area contributed by atoms with Crippen molar-refractivity contribution in [3.63, 3.8) is 0 Å². The summed E-state index contributed by atoms with van der Waals surface area (Å²) in [6, 6.07) is 9.27. The highest BCUT2D eigenvalue weighted by molar-refractivity contribution is 7.08. The predicted octanol–water partition coefficient (Wildman–Crippen LogP) is 3.77. The summed E-state index contributed by atoms with van der Waals surface area (Å²) in [5.74, 6) is -0.176. The lowest BCUT2D eigenvalue weighted by Gasteiger charge is -2.08. The third-order valence-electron chi connectivity index (χ3n) is 3.07. The second-order valence-electron chi connectivity index (χ2n) is 4.54. The number of carbonyl (C=O) groups is 1. The zero-order valence-electron chi connectivity index (χ0n) is 11.4.